The quantitative estimate of drug-likeness (QED) is 0.569. The van der Waals surface area contributed by atoms with Gasteiger partial charge in [-0.3, -0.25) is 0 Å². The van der Waals surface area contributed by atoms with Crippen LogP contribution in [0.15, 0.2) is 52.3 Å². The van der Waals surface area contributed by atoms with Crippen LogP contribution >= 0.6 is 11.8 Å². The van der Waals surface area contributed by atoms with Crippen LogP contribution in [0.5, 0.6) is 11.5 Å². The zero-order valence-electron chi connectivity index (χ0n) is 8.99. The van der Waals surface area contributed by atoms with Gasteiger partial charge in [-0.1, -0.05) is 30.0 Å². The fourth-order valence-electron chi connectivity index (χ4n) is 1.77. The third kappa shape index (κ3) is 1.84. The molecule has 0 saturated carbocycles. The zero-order valence-corrected chi connectivity index (χ0v) is 9.81. The average molecular weight is 268 g/mol. The Morgan fingerprint density at radius 3 is 2.39 bits per heavy atom. The fourth-order valence-corrected chi connectivity index (χ4v) is 2.76. The minimum absolute atomic E-state index is 0.103. The maximum Gasteiger partial charge on any atom is 0.420 e. The first kappa shape index (κ1) is 11.5. The lowest BCUT2D eigenvalue weighted by atomic mass is 10.2. The van der Waals surface area contributed by atoms with Gasteiger partial charge in [0.05, 0.1) is 15.4 Å². The van der Waals surface area contributed by atoms with Crippen LogP contribution in [0.1, 0.15) is 5.56 Å². The molecule has 1 heterocycles. The van der Waals surface area contributed by atoms with Gasteiger partial charge >= 0.3 is 6.18 Å². The lowest BCUT2D eigenvalue weighted by Gasteiger charge is -2.22. The SMILES string of the molecule is FC(F)(F)c1cccc2c1Oc1ccccc1S2. The van der Waals surface area contributed by atoms with Gasteiger partial charge in [0, 0.05) is 0 Å². The molecule has 0 N–H and O–H groups in total. The highest BCUT2D eigenvalue weighted by molar-refractivity contribution is 7.99. The lowest BCUT2D eigenvalue weighted by Crippen LogP contribution is -2.09. The van der Waals surface area contributed by atoms with Gasteiger partial charge in [0.15, 0.2) is 5.75 Å². The van der Waals surface area contributed by atoms with Crippen molar-refractivity contribution in [2.24, 2.45) is 0 Å². The molecule has 0 atom stereocenters. The molecule has 0 amide bonds. The molecule has 0 saturated heterocycles. The van der Waals surface area contributed by atoms with Crippen molar-refractivity contribution in [2.45, 2.75) is 16.0 Å². The summed E-state index contributed by atoms with van der Waals surface area (Å²) in [6, 6.07) is 11.1. The van der Waals surface area contributed by atoms with E-state index in [4.69, 9.17) is 4.74 Å². The van der Waals surface area contributed by atoms with Crippen LogP contribution in [0.4, 0.5) is 13.2 Å². The molecule has 1 aliphatic rings. The van der Waals surface area contributed by atoms with Gasteiger partial charge in [-0.05, 0) is 24.3 Å². The molecule has 2 aromatic carbocycles. The first-order valence-corrected chi connectivity index (χ1v) is 6.02. The van der Waals surface area contributed by atoms with Gasteiger partial charge in [-0.15, -0.1) is 0 Å². The standard InChI is InChI=1S/C13H7F3OS/c14-13(15,16)8-4-3-7-11-12(8)17-9-5-1-2-6-10(9)18-11/h1-7H. The van der Waals surface area contributed by atoms with Crippen molar-refractivity contribution in [2.75, 3.05) is 0 Å². The number of alkyl halides is 3. The summed E-state index contributed by atoms with van der Waals surface area (Å²) in [5.41, 5.74) is -0.734. The molecule has 0 unspecified atom stereocenters. The van der Waals surface area contributed by atoms with Gasteiger partial charge in [0.25, 0.3) is 0 Å². The number of ether oxygens (including phenoxy) is 1. The second-order valence-electron chi connectivity index (χ2n) is 3.78. The molecule has 0 fully saturated rings. The Morgan fingerprint density at radius 1 is 0.889 bits per heavy atom. The highest BCUT2D eigenvalue weighted by Gasteiger charge is 2.37. The molecule has 0 radical (unpaired) electrons. The Hall–Kier alpha value is -1.62. The highest BCUT2D eigenvalue weighted by Crippen LogP contribution is 2.51. The summed E-state index contributed by atoms with van der Waals surface area (Å²) in [6.45, 7) is 0. The van der Waals surface area contributed by atoms with Crippen molar-refractivity contribution in [3.8, 4) is 11.5 Å². The van der Waals surface area contributed by atoms with E-state index in [0.717, 1.165) is 11.0 Å². The van der Waals surface area contributed by atoms with E-state index in [0.29, 0.717) is 10.6 Å². The highest BCUT2D eigenvalue weighted by atomic mass is 32.2. The topological polar surface area (TPSA) is 9.23 Å². The fraction of sp³-hybridized carbons (Fsp3) is 0.0769. The zero-order chi connectivity index (χ0) is 12.8. The van der Waals surface area contributed by atoms with E-state index in [1.165, 1.54) is 17.8 Å². The van der Waals surface area contributed by atoms with Crippen molar-refractivity contribution in [3.05, 3.63) is 48.0 Å². The summed E-state index contributed by atoms with van der Waals surface area (Å²) in [6.07, 6.45) is -4.40. The summed E-state index contributed by atoms with van der Waals surface area (Å²) in [5, 5.41) is 0. The Bertz CT molecular complexity index is 607. The number of halogens is 3. The van der Waals surface area contributed by atoms with Crippen LogP contribution < -0.4 is 4.74 Å². The summed E-state index contributed by atoms with van der Waals surface area (Å²) in [7, 11) is 0. The van der Waals surface area contributed by atoms with Crippen LogP contribution in [0.3, 0.4) is 0 Å². The first-order chi connectivity index (χ1) is 8.55. The molecular weight excluding hydrogens is 261 g/mol. The van der Waals surface area contributed by atoms with Crippen molar-refractivity contribution >= 4 is 11.8 Å². The van der Waals surface area contributed by atoms with E-state index in [1.807, 2.05) is 12.1 Å². The predicted molar refractivity (Wildman–Crippen MR) is 62.1 cm³/mol. The largest absolute Gasteiger partial charge is 0.454 e. The van der Waals surface area contributed by atoms with E-state index >= 15 is 0 Å². The van der Waals surface area contributed by atoms with E-state index in [-0.39, 0.29) is 5.75 Å². The van der Waals surface area contributed by atoms with Gasteiger partial charge in [-0.2, -0.15) is 13.2 Å². The molecule has 5 heteroatoms. The van der Waals surface area contributed by atoms with Crippen LogP contribution in [-0.2, 0) is 6.18 Å². The third-order valence-electron chi connectivity index (χ3n) is 2.57. The van der Waals surface area contributed by atoms with Gasteiger partial charge in [-0.25, -0.2) is 0 Å². The Kier molecular flexibility index (Phi) is 2.52. The predicted octanol–water partition coefficient (Wildman–Crippen LogP) is 4.96. The Morgan fingerprint density at radius 2 is 1.61 bits per heavy atom. The smallest absolute Gasteiger partial charge is 0.420 e. The average Bonchev–Trinajstić information content (AvgIpc) is 2.34. The van der Waals surface area contributed by atoms with Crippen LogP contribution in [-0.4, -0.2) is 0 Å². The van der Waals surface area contributed by atoms with Crippen molar-refractivity contribution < 1.29 is 17.9 Å². The van der Waals surface area contributed by atoms with E-state index in [9.17, 15) is 13.2 Å². The number of para-hydroxylation sites is 2. The van der Waals surface area contributed by atoms with E-state index in [2.05, 4.69) is 0 Å². The molecule has 0 aliphatic carbocycles. The number of hydrogen-bond donors (Lipinski definition) is 0. The molecule has 92 valence electrons. The van der Waals surface area contributed by atoms with E-state index < -0.39 is 11.7 Å². The van der Waals surface area contributed by atoms with Gasteiger partial charge < -0.3 is 4.74 Å². The summed E-state index contributed by atoms with van der Waals surface area (Å²) in [5.74, 6) is 0.361. The Labute approximate surface area is 106 Å². The third-order valence-corrected chi connectivity index (χ3v) is 3.66. The molecule has 0 bridgehead atoms. The van der Waals surface area contributed by atoms with Gasteiger partial charge in [0.1, 0.15) is 5.75 Å². The summed E-state index contributed by atoms with van der Waals surface area (Å²) in [4.78, 5) is 1.31. The molecular formula is C13H7F3OS. The number of rotatable bonds is 0. The number of hydrogen-bond acceptors (Lipinski definition) is 2. The first-order valence-electron chi connectivity index (χ1n) is 5.20. The van der Waals surface area contributed by atoms with Crippen molar-refractivity contribution in [1.82, 2.24) is 0 Å². The van der Waals surface area contributed by atoms with Crippen LogP contribution in [0.25, 0.3) is 0 Å². The molecule has 1 nitrogen and oxygen atoms in total. The molecule has 2 aromatic rings. The molecule has 0 aromatic heterocycles. The monoisotopic (exact) mass is 268 g/mol. The maximum atomic E-state index is 12.9. The maximum absolute atomic E-state index is 12.9. The second-order valence-corrected chi connectivity index (χ2v) is 4.87. The molecule has 3 rings (SSSR count). The summed E-state index contributed by atoms with van der Waals surface area (Å²) >= 11 is 1.29. The molecule has 1 aliphatic heterocycles. The minimum atomic E-state index is -4.40. The normalized spacial score (nSPS) is 13.5. The van der Waals surface area contributed by atoms with Crippen LogP contribution in [0.2, 0.25) is 0 Å². The lowest BCUT2D eigenvalue weighted by molar-refractivity contribution is -0.138. The molecule has 0 spiro atoms. The van der Waals surface area contributed by atoms with Gasteiger partial charge in [0.2, 0.25) is 0 Å². The van der Waals surface area contributed by atoms with E-state index in [1.54, 1.807) is 18.2 Å². The second kappa shape index (κ2) is 3.95. The molecule has 18 heavy (non-hydrogen) atoms. The number of benzene rings is 2. The number of fused-ring (bicyclic) bond motifs is 2. The van der Waals surface area contributed by atoms with Crippen LogP contribution in [0, 0.1) is 0 Å². The Balaban J connectivity index is 2.14. The summed E-state index contributed by atoms with van der Waals surface area (Å²) < 4.78 is 44.0. The minimum Gasteiger partial charge on any atom is -0.454 e. The van der Waals surface area contributed by atoms with Crippen molar-refractivity contribution in [1.29, 1.82) is 0 Å². The van der Waals surface area contributed by atoms with Crippen molar-refractivity contribution in [3.63, 3.8) is 0 Å².